The van der Waals surface area contributed by atoms with E-state index in [4.69, 9.17) is 5.73 Å². The predicted octanol–water partition coefficient (Wildman–Crippen LogP) is 3.11. The van der Waals surface area contributed by atoms with Gasteiger partial charge in [-0.1, -0.05) is 36.4 Å². The summed E-state index contributed by atoms with van der Waals surface area (Å²) in [6.45, 7) is 0.601. The number of rotatable bonds is 5. The zero-order chi connectivity index (χ0) is 15.2. The number of amides is 1. The second-order valence-corrected chi connectivity index (χ2v) is 5.02. The number of hydrogen-bond donors (Lipinski definition) is 1. The van der Waals surface area contributed by atoms with E-state index in [1.165, 1.54) is 17.7 Å². The number of para-hydroxylation sites is 1. The Bertz CT molecular complexity index is 613. The summed E-state index contributed by atoms with van der Waals surface area (Å²) < 4.78 is 13.4. The first kappa shape index (κ1) is 15.0. The molecule has 0 spiro atoms. The lowest BCUT2D eigenvalue weighted by molar-refractivity contribution is 0.0794. The van der Waals surface area contributed by atoms with E-state index >= 15 is 0 Å². The maximum absolute atomic E-state index is 13.4. The molecular formula is C17H19FN2O. The molecule has 21 heavy (non-hydrogen) atoms. The molecule has 0 aliphatic rings. The predicted molar refractivity (Wildman–Crippen MR) is 82.5 cm³/mol. The molecule has 2 N–H and O–H groups in total. The first-order valence-corrected chi connectivity index (χ1v) is 6.93. The lowest BCUT2D eigenvalue weighted by Gasteiger charge is -2.18. The van der Waals surface area contributed by atoms with Gasteiger partial charge in [0.05, 0.1) is 11.3 Å². The van der Waals surface area contributed by atoms with Crippen LogP contribution in [0.3, 0.4) is 0 Å². The van der Waals surface area contributed by atoms with Gasteiger partial charge >= 0.3 is 0 Å². The second-order valence-electron chi connectivity index (χ2n) is 5.02. The van der Waals surface area contributed by atoms with Gasteiger partial charge in [0.15, 0.2) is 0 Å². The van der Waals surface area contributed by atoms with E-state index < -0.39 is 5.82 Å². The number of nitrogens with two attached hydrogens (primary N) is 1. The van der Waals surface area contributed by atoms with Gasteiger partial charge in [-0.3, -0.25) is 4.79 Å². The van der Waals surface area contributed by atoms with Crippen LogP contribution in [-0.2, 0) is 6.42 Å². The van der Waals surface area contributed by atoms with E-state index in [0.29, 0.717) is 6.54 Å². The topological polar surface area (TPSA) is 46.3 Å². The van der Waals surface area contributed by atoms with Gasteiger partial charge in [0.25, 0.3) is 5.91 Å². The number of nitrogens with zero attached hydrogens (tertiary/aromatic N) is 1. The summed E-state index contributed by atoms with van der Waals surface area (Å²) in [5, 5.41) is 0. The fourth-order valence-corrected chi connectivity index (χ4v) is 2.20. The molecule has 0 atom stereocenters. The molecule has 0 radical (unpaired) electrons. The standard InChI is InChI=1S/C17H19FN2O/c1-20(12-6-9-13-7-3-2-4-8-13)17(21)14-10-5-11-15(18)16(14)19/h2-5,7-8,10-11H,6,9,12,19H2,1H3. The van der Waals surface area contributed by atoms with Crippen molar-refractivity contribution in [3.8, 4) is 0 Å². The Kier molecular flexibility index (Phi) is 4.93. The van der Waals surface area contributed by atoms with E-state index in [0.717, 1.165) is 12.8 Å². The molecule has 110 valence electrons. The highest BCUT2D eigenvalue weighted by Gasteiger charge is 2.16. The fourth-order valence-electron chi connectivity index (χ4n) is 2.20. The van der Waals surface area contributed by atoms with Crippen LogP contribution in [-0.4, -0.2) is 24.4 Å². The summed E-state index contributed by atoms with van der Waals surface area (Å²) in [4.78, 5) is 13.8. The van der Waals surface area contributed by atoms with Gasteiger partial charge < -0.3 is 10.6 Å². The van der Waals surface area contributed by atoms with Crippen molar-refractivity contribution in [1.29, 1.82) is 0 Å². The Morgan fingerprint density at radius 1 is 1.14 bits per heavy atom. The minimum atomic E-state index is -0.557. The molecule has 0 saturated carbocycles. The highest BCUT2D eigenvalue weighted by Crippen LogP contribution is 2.17. The fraction of sp³-hybridized carbons (Fsp3) is 0.235. The second kappa shape index (κ2) is 6.88. The summed E-state index contributed by atoms with van der Waals surface area (Å²) in [7, 11) is 1.71. The lowest BCUT2D eigenvalue weighted by Crippen LogP contribution is -2.28. The molecule has 0 fully saturated rings. The van der Waals surface area contributed by atoms with Crippen molar-refractivity contribution in [3.05, 3.63) is 65.5 Å². The number of anilines is 1. The molecule has 2 aromatic rings. The Balaban J connectivity index is 1.92. The monoisotopic (exact) mass is 286 g/mol. The number of carbonyl (C=O) groups is 1. The molecule has 1 amide bonds. The smallest absolute Gasteiger partial charge is 0.255 e. The SMILES string of the molecule is CN(CCCc1ccccc1)C(=O)c1cccc(F)c1N. The van der Waals surface area contributed by atoms with E-state index in [1.54, 1.807) is 18.0 Å². The average molecular weight is 286 g/mol. The maximum Gasteiger partial charge on any atom is 0.255 e. The highest BCUT2D eigenvalue weighted by atomic mass is 19.1. The molecule has 0 bridgehead atoms. The molecule has 0 saturated heterocycles. The zero-order valence-corrected chi connectivity index (χ0v) is 12.1. The number of nitrogen functional groups attached to an aromatic ring is 1. The Hall–Kier alpha value is -2.36. The van der Waals surface area contributed by atoms with E-state index in [9.17, 15) is 9.18 Å². The summed E-state index contributed by atoms with van der Waals surface area (Å²) in [6, 6.07) is 14.4. The van der Waals surface area contributed by atoms with Crippen LogP contribution in [0.2, 0.25) is 0 Å². The van der Waals surface area contributed by atoms with Gasteiger partial charge in [-0.15, -0.1) is 0 Å². The number of hydrogen-bond acceptors (Lipinski definition) is 2. The third-order valence-electron chi connectivity index (χ3n) is 3.43. The number of halogens is 1. The summed E-state index contributed by atoms with van der Waals surface area (Å²) >= 11 is 0. The van der Waals surface area contributed by atoms with Gasteiger partial charge in [0.1, 0.15) is 5.82 Å². The normalized spacial score (nSPS) is 10.4. The van der Waals surface area contributed by atoms with Gasteiger partial charge in [0, 0.05) is 13.6 Å². The maximum atomic E-state index is 13.4. The lowest BCUT2D eigenvalue weighted by atomic mass is 10.1. The molecule has 0 unspecified atom stereocenters. The van der Waals surface area contributed by atoms with Crippen LogP contribution in [0.4, 0.5) is 10.1 Å². The molecule has 2 aromatic carbocycles. The van der Waals surface area contributed by atoms with Crippen molar-refractivity contribution >= 4 is 11.6 Å². The molecule has 3 nitrogen and oxygen atoms in total. The van der Waals surface area contributed by atoms with Crippen LogP contribution >= 0.6 is 0 Å². The van der Waals surface area contributed by atoms with Crippen LogP contribution in [0.5, 0.6) is 0 Å². The molecule has 0 heterocycles. The van der Waals surface area contributed by atoms with Gasteiger partial charge in [-0.25, -0.2) is 4.39 Å². The van der Waals surface area contributed by atoms with Crippen LogP contribution in [0, 0.1) is 5.82 Å². The summed E-state index contributed by atoms with van der Waals surface area (Å²) in [5.41, 5.74) is 6.99. The molecule has 0 aliphatic heterocycles. The van der Waals surface area contributed by atoms with Crippen LogP contribution < -0.4 is 5.73 Å². The van der Waals surface area contributed by atoms with Crippen molar-refractivity contribution in [1.82, 2.24) is 4.90 Å². The zero-order valence-electron chi connectivity index (χ0n) is 12.1. The Labute approximate surface area is 124 Å². The van der Waals surface area contributed by atoms with Crippen LogP contribution in [0.25, 0.3) is 0 Å². The van der Waals surface area contributed by atoms with Gasteiger partial charge in [-0.05, 0) is 30.5 Å². The number of benzene rings is 2. The third-order valence-corrected chi connectivity index (χ3v) is 3.43. The molecule has 0 aliphatic carbocycles. The van der Waals surface area contributed by atoms with Crippen molar-refractivity contribution in [2.45, 2.75) is 12.8 Å². The van der Waals surface area contributed by atoms with Crippen molar-refractivity contribution in [2.24, 2.45) is 0 Å². The Morgan fingerprint density at radius 2 is 1.86 bits per heavy atom. The number of aryl methyl sites for hydroxylation is 1. The average Bonchev–Trinajstić information content (AvgIpc) is 2.50. The first-order chi connectivity index (χ1) is 10.1. The summed E-state index contributed by atoms with van der Waals surface area (Å²) in [5.74, 6) is -0.807. The number of carbonyl (C=O) groups excluding carboxylic acids is 1. The van der Waals surface area contributed by atoms with Crippen molar-refractivity contribution < 1.29 is 9.18 Å². The first-order valence-electron chi connectivity index (χ1n) is 6.93. The quantitative estimate of drug-likeness (QED) is 0.858. The molecule has 4 heteroatoms. The largest absolute Gasteiger partial charge is 0.396 e. The van der Waals surface area contributed by atoms with Gasteiger partial charge in [0.2, 0.25) is 0 Å². The van der Waals surface area contributed by atoms with E-state index in [-0.39, 0.29) is 17.2 Å². The van der Waals surface area contributed by atoms with Crippen LogP contribution in [0.1, 0.15) is 22.3 Å². The van der Waals surface area contributed by atoms with Crippen molar-refractivity contribution in [3.63, 3.8) is 0 Å². The van der Waals surface area contributed by atoms with Crippen molar-refractivity contribution in [2.75, 3.05) is 19.3 Å². The van der Waals surface area contributed by atoms with Crippen LogP contribution in [0.15, 0.2) is 48.5 Å². The third kappa shape index (κ3) is 3.81. The minimum Gasteiger partial charge on any atom is -0.396 e. The molecule has 0 aromatic heterocycles. The van der Waals surface area contributed by atoms with Gasteiger partial charge in [-0.2, -0.15) is 0 Å². The Morgan fingerprint density at radius 3 is 2.57 bits per heavy atom. The summed E-state index contributed by atoms with van der Waals surface area (Å²) in [6.07, 6.45) is 1.75. The van der Waals surface area contributed by atoms with E-state index in [2.05, 4.69) is 12.1 Å². The highest BCUT2D eigenvalue weighted by molar-refractivity contribution is 5.99. The van der Waals surface area contributed by atoms with E-state index in [1.807, 2.05) is 18.2 Å². The minimum absolute atomic E-state index is 0.0857. The molecule has 2 rings (SSSR count). The molecular weight excluding hydrogens is 267 g/mol.